The van der Waals surface area contributed by atoms with E-state index in [2.05, 4.69) is 46.0 Å². The molecule has 2 aromatic carbocycles. The van der Waals surface area contributed by atoms with Gasteiger partial charge in [-0.3, -0.25) is 0 Å². The molecule has 17 heavy (non-hydrogen) atoms. The summed E-state index contributed by atoms with van der Waals surface area (Å²) in [5.41, 5.74) is 2.14. The maximum absolute atomic E-state index is 5.57. The maximum atomic E-state index is 5.57. The van der Waals surface area contributed by atoms with Crippen molar-refractivity contribution in [3.63, 3.8) is 0 Å². The fraction of sp³-hybridized carbons (Fsp3) is 0.0667. The standard InChI is InChI=1S/C15H12IN/c1-2-15(12-6-4-3-5-7-12)17-14-10-8-13(16)9-11-14/h1,3-11,15,17H. The lowest BCUT2D eigenvalue weighted by Crippen LogP contribution is -2.08. The monoisotopic (exact) mass is 333 g/mol. The van der Waals surface area contributed by atoms with Gasteiger partial charge in [0.2, 0.25) is 0 Å². The van der Waals surface area contributed by atoms with Crippen LogP contribution in [0.25, 0.3) is 0 Å². The second-order valence-corrected chi connectivity index (χ2v) is 4.91. The molecule has 0 heterocycles. The fourth-order valence-electron chi connectivity index (χ4n) is 1.58. The first-order valence-corrected chi connectivity index (χ1v) is 6.40. The Morgan fingerprint density at radius 1 is 1.00 bits per heavy atom. The van der Waals surface area contributed by atoms with Crippen LogP contribution in [0.3, 0.4) is 0 Å². The zero-order valence-corrected chi connectivity index (χ0v) is 11.4. The zero-order chi connectivity index (χ0) is 12.1. The second-order valence-electron chi connectivity index (χ2n) is 3.66. The summed E-state index contributed by atoms with van der Waals surface area (Å²) >= 11 is 2.28. The van der Waals surface area contributed by atoms with E-state index in [1.165, 1.54) is 3.57 Å². The van der Waals surface area contributed by atoms with E-state index in [4.69, 9.17) is 6.42 Å². The second kappa shape index (κ2) is 5.74. The van der Waals surface area contributed by atoms with Crippen LogP contribution in [0.5, 0.6) is 0 Å². The molecule has 84 valence electrons. The van der Waals surface area contributed by atoms with Crippen LogP contribution in [0.15, 0.2) is 54.6 Å². The van der Waals surface area contributed by atoms with Crippen molar-refractivity contribution in [3.05, 3.63) is 63.7 Å². The maximum Gasteiger partial charge on any atom is 0.113 e. The molecule has 1 nitrogen and oxygen atoms in total. The Morgan fingerprint density at radius 2 is 1.65 bits per heavy atom. The molecule has 2 rings (SSSR count). The van der Waals surface area contributed by atoms with Gasteiger partial charge in [0.1, 0.15) is 6.04 Å². The van der Waals surface area contributed by atoms with Crippen molar-refractivity contribution in [2.24, 2.45) is 0 Å². The average molecular weight is 333 g/mol. The van der Waals surface area contributed by atoms with Gasteiger partial charge >= 0.3 is 0 Å². The first-order chi connectivity index (χ1) is 8.29. The van der Waals surface area contributed by atoms with Crippen molar-refractivity contribution in [1.29, 1.82) is 0 Å². The van der Waals surface area contributed by atoms with Crippen molar-refractivity contribution in [1.82, 2.24) is 0 Å². The predicted octanol–water partition coefficient (Wildman–Crippen LogP) is 4.08. The van der Waals surface area contributed by atoms with Crippen LogP contribution in [0.4, 0.5) is 5.69 Å². The van der Waals surface area contributed by atoms with Crippen LogP contribution in [0, 0.1) is 15.9 Å². The number of hydrogen-bond acceptors (Lipinski definition) is 1. The minimum absolute atomic E-state index is 0.0868. The third kappa shape index (κ3) is 3.24. The summed E-state index contributed by atoms with van der Waals surface area (Å²) in [6, 6.07) is 18.1. The Kier molecular flexibility index (Phi) is 4.05. The zero-order valence-electron chi connectivity index (χ0n) is 9.23. The van der Waals surface area contributed by atoms with Crippen LogP contribution in [0.2, 0.25) is 0 Å². The number of halogens is 1. The summed E-state index contributed by atoms with van der Waals surface area (Å²) in [6.07, 6.45) is 5.57. The van der Waals surface area contributed by atoms with Crippen molar-refractivity contribution in [2.45, 2.75) is 6.04 Å². The van der Waals surface area contributed by atoms with E-state index in [-0.39, 0.29) is 6.04 Å². The molecule has 2 aromatic rings. The van der Waals surface area contributed by atoms with E-state index in [0.717, 1.165) is 11.3 Å². The Morgan fingerprint density at radius 3 is 2.24 bits per heavy atom. The molecule has 1 unspecified atom stereocenters. The van der Waals surface area contributed by atoms with Gasteiger partial charge in [-0.2, -0.15) is 0 Å². The summed E-state index contributed by atoms with van der Waals surface area (Å²) in [6.45, 7) is 0. The summed E-state index contributed by atoms with van der Waals surface area (Å²) in [5, 5.41) is 3.33. The molecule has 0 radical (unpaired) electrons. The van der Waals surface area contributed by atoms with E-state index in [0.29, 0.717) is 0 Å². The van der Waals surface area contributed by atoms with Gasteiger partial charge in [-0.05, 0) is 52.4 Å². The van der Waals surface area contributed by atoms with Crippen LogP contribution in [-0.2, 0) is 0 Å². The highest BCUT2D eigenvalue weighted by molar-refractivity contribution is 14.1. The fourth-order valence-corrected chi connectivity index (χ4v) is 1.94. The Hall–Kier alpha value is -1.47. The van der Waals surface area contributed by atoms with Gasteiger partial charge in [-0.1, -0.05) is 36.3 Å². The normalized spacial score (nSPS) is 11.5. The number of nitrogens with one attached hydrogen (secondary N) is 1. The van der Waals surface area contributed by atoms with Crippen molar-refractivity contribution in [3.8, 4) is 12.3 Å². The van der Waals surface area contributed by atoms with Crippen LogP contribution >= 0.6 is 22.6 Å². The molecular weight excluding hydrogens is 321 g/mol. The van der Waals surface area contributed by atoms with Crippen LogP contribution in [-0.4, -0.2) is 0 Å². The lowest BCUT2D eigenvalue weighted by atomic mass is 10.1. The summed E-state index contributed by atoms with van der Waals surface area (Å²) in [5.74, 6) is 2.77. The molecule has 0 saturated heterocycles. The molecule has 0 amide bonds. The summed E-state index contributed by atoms with van der Waals surface area (Å²) in [4.78, 5) is 0. The summed E-state index contributed by atoms with van der Waals surface area (Å²) < 4.78 is 1.21. The van der Waals surface area contributed by atoms with Gasteiger partial charge < -0.3 is 5.32 Å². The molecule has 0 fully saturated rings. The topological polar surface area (TPSA) is 12.0 Å². The van der Waals surface area contributed by atoms with E-state index < -0.39 is 0 Å². The van der Waals surface area contributed by atoms with Crippen molar-refractivity contribution < 1.29 is 0 Å². The van der Waals surface area contributed by atoms with Gasteiger partial charge in [0, 0.05) is 9.26 Å². The molecule has 1 atom stereocenters. The predicted molar refractivity (Wildman–Crippen MR) is 80.8 cm³/mol. The third-order valence-electron chi connectivity index (χ3n) is 2.45. The molecule has 0 saturated carbocycles. The van der Waals surface area contributed by atoms with Gasteiger partial charge in [-0.25, -0.2) is 0 Å². The molecule has 0 aromatic heterocycles. The first-order valence-electron chi connectivity index (χ1n) is 5.33. The minimum atomic E-state index is -0.0868. The van der Waals surface area contributed by atoms with Gasteiger partial charge in [0.25, 0.3) is 0 Å². The van der Waals surface area contributed by atoms with E-state index >= 15 is 0 Å². The van der Waals surface area contributed by atoms with Gasteiger partial charge in [-0.15, -0.1) is 6.42 Å². The smallest absolute Gasteiger partial charge is 0.113 e. The molecule has 0 aliphatic heterocycles. The highest BCUT2D eigenvalue weighted by atomic mass is 127. The molecule has 0 aliphatic carbocycles. The minimum Gasteiger partial charge on any atom is -0.368 e. The van der Waals surface area contributed by atoms with Crippen LogP contribution < -0.4 is 5.32 Å². The van der Waals surface area contributed by atoms with Crippen molar-refractivity contribution in [2.75, 3.05) is 5.32 Å². The Labute approximate surface area is 115 Å². The number of benzene rings is 2. The van der Waals surface area contributed by atoms with Gasteiger partial charge in [0.15, 0.2) is 0 Å². The lowest BCUT2D eigenvalue weighted by Gasteiger charge is -2.14. The SMILES string of the molecule is C#CC(Nc1ccc(I)cc1)c1ccccc1. The Bertz CT molecular complexity index is 511. The Balaban J connectivity index is 2.17. The third-order valence-corrected chi connectivity index (χ3v) is 3.17. The summed E-state index contributed by atoms with van der Waals surface area (Å²) in [7, 11) is 0. The number of hydrogen-bond donors (Lipinski definition) is 1. The molecular formula is C15H12IN. The van der Waals surface area contributed by atoms with Gasteiger partial charge in [0.05, 0.1) is 0 Å². The molecule has 1 N–H and O–H groups in total. The van der Waals surface area contributed by atoms with E-state index in [1.807, 2.05) is 42.5 Å². The quantitative estimate of drug-likeness (QED) is 0.659. The molecule has 2 heteroatoms. The molecule has 0 aliphatic rings. The average Bonchev–Trinajstić information content (AvgIpc) is 2.39. The first kappa shape index (κ1) is 12.0. The largest absolute Gasteiger partial charge is 0.368 e. The number of terminal acetylenes is 1. The molecule has 0 bridgehead atoms. The lowest BCUT2D eigenvalue weighted by molar-refractivity contribution is 1.02. The number of anilines is 1. The van der Waals surface area contributed by atoms with Crippen molar-refractivity contribution >= 4 is 28.3 Å². The van der Waals surface area contributed by atoms with Crippen LogP contribution in [0.1, 0.15) is 11.6 Å². The van der Waals surface area contributed by atoms with E-state index in [1.54, 1.807) is 0 Å². The number of rotatable bonds is 3. The van der Waals surface area contributed by atoms with E-state index in [9.17, 15) is 0 Å². The molecule has 0 spiro atoms. The highest BCUT2D eigenvalue weighted by Gasteiger charge is 2.06. The highest BCUT2D eigenvalue weighted by Crippen LogP contribution is 2.19.